The molecule has 2 aliphatic heterocycles. The number of halogens is 1. The van der Waals surface area contributed by atoms with Crippen LogP contribution in [0.2, 0.25) is 0 Å². The van der Waals surface area contributed by atoms with Gasteiger partial charge in [-0.2, -0.15) is 4.98 Å². The van der Waals surface area contributed by atoms with E-state index in [4.69, 9.17) is 0 Å². The molecule has 1 fully saturated rings. The van der Waals surface area contributed by atoms with E-state index in [1.807, 2.05) is 11.9 Å². The van der Waals surface area contributed by atoms with E-state index < -0.39 is 11.7 Å². The van der Waals surface area contributed by atoms with Crippen LogP contribution >= 0.6 is 0 Å². The molecule has 2 aliphatic rings. The molecule has 1 atom stereocenters. The maximum absolute atomic E-state index is 14.8. The summed E-state index contributed by atoms with van der Waals surface area (Å²) in [6.45, 7) is 3.51. The molecule has 25 heavy (non-hydrogen) atoms. The molecule has 0 amide bonds. The second-order valence-corrected chi connectivity index (χ2v) is 6.80. The smallest absolute Gasteiger partial charge is 0.343 e. The van der Waals surface area contributed by atoms with E-state index in [2.05, 4.69) is 9.88 Å². The van der Waals surface area contributed by atoms with Gasteiger partial charge >= 0.3 is 5.69 Å². The number of aromatic nitrogens is 2. The molecule has 4 rings (SSSR count). The highest BCUT2D eigenvalue weighted by molar-refractivity contribution is 6.07. The Labute approximate surface area is 144 Å². The maximum Gasteiger partial charge on any atom is 0.349 e. The largest absolute Gasteiger partial charge is 0.349 e. The molecule has 1 aromatic heterocycles. The summed E-state index contributed by atoms with van der Waals surface area (Å²) in [6.07, 6.45) is 2.97. The number of likely N-dealkylation sites (N-methyl/N-ethyl adjacent to an activating group) is 1. The molecule has 0 N–H and O–H groups in total. The summed E-state index contributed by atoms with van der Waals surface area (Å²) < 4.78 is 16.2. The number of anilines is 1. The Hall–Kier alpha value is -2.54. The summed E-state index contributed by atoms with van der Waals surface area (Å²) in [4.78, 5) is 33.2. The standard InChI is InChI=1S/C18H19FN4O2/c1-10-8-12-15-11(16(10)19)4-5-14(24)13-9-21(2)6-7-23(13)17(15)20-18(25)22(12)3/h4-5,8,13H,6-7,9H2,1-3H3/b5-4-. The van der Waals surface area contributed by atoms with E-state index in [0.717, 1.165) is 6.54 Å². The van der Waals surface area contributed by atoms with Crippen molar-refractivity contribution in [3.05, 3.63) is 39.6 Å². The zero-order valence-corrected chi connectivity index (χ0v) is 14.4. The van der Waals surface area contributed by atoms with Crippen LogP contribution in [0.1, 0.15) is 11.1 Å². The van der Waals surface area contributed by atoms with Crippen LogP contribution in [-0.4, -0.2) is 53.0 Å². The van der Waals surface area contributed by atoms with Gasteiger partial charge in [0.05, 0.1) is 10.9 Å². The van der Waals surface area contributed by atoms with Gasteiger partial charge < -0.3 is 9.80 Å². The van der Waals surface area contributed by atoms with Gasteiger partial charge in [0.1, 0.15) is 17.7 Å². The molecule has 3 heterocycles. The second kappa shape index (κ2) is 5.49. The van der Waals surface area contributed by atoms with Crippen LogP contribution in [0.5, 0.6) is 0 Å². The van der Waals surface area contributed by atoms with Crippen molar-refractivity contribution in [1.82, 2.24) is 14.5 Å². The minimum Gasteiger partial charge on any atom is -0.343 e. The van der Waals surface area contributed by atoms with Crippen LogP contribution in [0.3, 0.4) is 0 Å². The quantitative estimate of drug-likeness (QED) is 0.718. The summed E-state index contributed by atoms with van der Waals surface area (Å²) in [5.74, 6) is -0.0811. The van der Waals surface area contributed by atoms with Gasteiger partial charge in [-0.05, 0) is 37.8 Å². The molecule has 0 aliphatic carbocycles. The van der Waals surface area contributed by atoms with Crippen molar-refractivity contribution in [2.45, 2.75) is 13.0 Å². The van der Waals surface area contributed by atoms with Gasteiger partial charge in [0, 0.05) is 32.2 Å². The molecule has 130 valence electrons. The maximum atomic E-state index is 14.8. The van der Waals surface area contributed by atoms with Crippen LogP contribution in [0.4, 0.5) is 10.2 Å². The first-order valence-corrected chi connectivity index (χ1v) is 8.25. The molecule has 1 unspecified atom stereocenters. The fourth-order valence-corrected chi connectivity index (χ4v) is 3.68. The number of fused-ring (bicyclic) bond motifs is 2. The monoisotopic (exact) mass is 342 g/mol. The number of ketones is 1. The summed E-state index contributed by atoms with van der Waals surface area (Å²) in [7, 11) is 3.59. The Kier molecular flexibility index (Phi) is 3.50. The number of piperazine rings is 1. The van der Waals surface area contributed by atoms with E-state index in [9.17, 15) is 14.0 Å². The Balaban J connectivity index is 2.13. The summed E-state index contributed by atoms with van der Waals surface area (Å²) in [6, 6.07) is 1.25. The van der Waals surface area contributed by atoms with Gasteiger partial charge in [0.2, 0.25) is 0 Å². The molecule has 1 saturated heterocycles. The van der Waals surface area contributed by atoms with Crippen molar-refractivity contribution in [3.63, 3.8) is 0 Å². The minimum absolute atomic E-state index is 0.103. The molecule has 2 aromatic rings. The molecule has 0 radical (unpaired) electrons. The molecule has 0 spiro atoms. The van der Waals surface area contributed by atoms with Crippen molar-refractivity contribution >= 4 is 28.6 Å². The number of hydrogen-bond donors (Lipinski definition) is 0. The summed E-state index contributed by atoms with van der Waals surface area (Å²) in [5.41, 5.74) is 0.968. The van der Waals surface area contributed by atoms with Crippen LogP contribution in [0.25, 0.3) is 17.0 Å². The third kappa shape index (κ3) is 2.30. The lowest BCUT2D eigenvalue weighted by Gasteiger charge is -2.40. The zero-order chi connectivity index (χ0) is 17.9. The van der Waals surface area contributed by atoms with Crippen molar-refractivity contribution in [3.8, 4) is 0 Å². The number of carbonyl (C=O) groups excluding carboxylic acids is 1. The lowest BCUT2D eigenvalue weighted by Crippen LogP contribution is -2.56. The molecular formula is C18H19FN4O2. The van der Waals surface area contributed by atoms with Crippen molar-refractivity contribution in [1.29, 1.82) is 0 Å². The first kappa shape index (κ1) is 16.0. The fourth-order valence-electron chi connectivity index (χ4n) is 3.68. The third-order valence-corrected chi connectivity index (χ3v) is 5.13. The highest BCUT2D eigenvalue weighted by Crippen LogP contribution is 2.34. The normalized spacial score (nSPS) is 21.8. The molecule has 7 heteroatoms. The fraction of sp³-hybridized carbons (Fsp3) is 0.389. The Morgan fingerprint density at radius 3 is 2.72 bits per heavy atom. The van der Waals surface area contributed by atoms with Gasteiger partial charge in [0.15, 0.2) is 5.78 Å². The number of carbonyl (C=O) groups is 1. The molecule has 0 saturated carbocycles. The number of rotatable bonds is 0. The van der Waals surface area contributed by atoms with Crippen molar-refractivity contribution in [2.24, 2.45) is 7.05 Å². The van der Waals surface area contributed by atoms with Crippen LogP contribution < -0.4 is 10.6 Å². The average molecular weight is 342 g/mol. The molecular weight excluding hydrogens is 323 g/mol. The highest BCUT2D eigenvalue weighted by atomic mass is 19.1. The van der Waals surface area contributed by atoms with E-state index >= 15 is 0 Å². The van der Waals surface area contributed by atoms with Crippen molar-refractivity contribution < 1.29 is 9.18 Å². The van der Waals surface area contributed by atoms with Gasteiger partial charge in [-0.3, -0.25) is 9.36 Å². The first-order chi connectivity index (χ1) is 11.9. The van der Waals surface area contributed by atoms with Gasteiger partial charge in [-0.1, -0.05) is 0 Å². The van der Waals surface area contributed by atoms with Crippen LogP contribution in [0.15, 0.2) is 16.9 Å². The number of nitrogens with zero attached hydrogens (tertiary/aromatic N) is 4. The molecule has 0 bridgehead atoms. The zero-order valence-electron chi connectivity index (χ0n) is 14.4. The van der Waals surface area contributed by atoms with E-state index in [-0.39, 0.29) is 11.6 Å². The number of benzene rings is 1. The number of aryl methyl sites for hydroxylation is 2. The molecule has 1 aromatic carbocycles. The summed E-state index contributed by atoms with van der Waals surface area (Å²) in [5, 5.41) is 0.587. The minimum atomic E-state index is -0.421. The van der Waals surface area contributed by atoms with E-state index in [1.165, 1.54) is 16.7 Å². The van der Waals surface area contributed by atoms with Gasteiger partial charge in [0.25, 0.3) is 0 Å². The van der Waals surface area contributed by atoms with Crippen molar-refractivity contribution in [2.75, 3.05) is 31.6 Å². The van der Waals surface area contributed by atoms with E-state index in [0.29, 0.717) is 40.9 Å². The summed E-state index contributed by atoms with van der Waals surface area (Å²) >= 11 is 0. The van der Waals surface area contributed by atoms with E-state index in [1.54, 1.807) is 20.0 Å². The SMILES string of the molecule is Cc1cc2c3c(nc(=O)n2C)N2CCN(C)CC2C(=O)/C=C\c3c1F. The highest BCUT2D eigenvalue weighted by Gasteiger charge is 2.34. The lowest BCUT2D eigenvalue weighted by atomic mass is 9.97. The predicted molar refractivity (Wildman–Crippen MR) is 94.4 cm³/mol. The van der Waals surface area contributed by atoms with Gasteiger partial charge in [-0.25, -0.2) is 9.18 Å². The van der Waals surface area contributed by atoms with Gasteiger partial charge in [-0.15, -0.1) is 0 Å². The van der Waals surface area contributed by atoms with Crippen LogP contribution in [-0.2, 0) is 11.8 Å². The Bertz CT molecular complexity index is 995. The molecule has 6 nitrogen and oxygen atoms in total. The number of hydrogen-bond acceptors (Lipinski definition) is 5. The average Bonchev–Trinajstić information content (AvgIpc) is 2.58. The Morgan fingerprint density at radius 1 is 1.20 bits per heavy atom. The predicted octanol–water partition coefficient (Wildman–Crippen LogP) is 1.10. The first-order valence-electron chi connectivity index (χ1n) is 8.25. The van der Waals surface area contributed by atoms with Crippen LogP contribution in [0, 0.1) is 12.7 Å². The lowest BCUT2D eigenvalue weighted by molar-refractivity contribution is -0.116. The topological polar surface area (TPSA) is 58.4 Å². The third-order valence-electron chi connectivity index (χ3n) is 5.13. The Morgan fingerprint density at radius 2 is 1.96 bits per heavy atom. The second-order valence-electron chi connectivity index (χ2n) is 6.80.